The van der Waals surface area contributed by atoms with Gasteiger partial charge in [-0.3, -0.25) is 14.3 Å². The van der Waals surface area contributed by atoms with Crippen molar-refractivity contribution in [3.8, 4) is 0 Å². The number of aryl methyl sites for hydroxylation is 1. The minimum Gasteiger partial charge on any atom is -0.398 e. The van der Waals surface area contributed by atoms with Crippen LogP contribution < -0.4 is 17.0 Å². The summed E-state index contributed by atoms with van der Waals surface area (Å²) in [5.41, 5.74) is 8.60. The van der Waals surface area contributed by atoms with Gasteiger partial charge in [0.1, 0.15) is 0 Å². The van der Waals surface area contributed by atoms with Crippen molar-refractivity contribution >= 4 is 27.9 Å². The van der Waals surface area contributed by atoms with Crippen LogP contribution in [0.1, 0.15) is 24.1 Å². The van der Waals surface area contributed by atoms with Gasteiger partial charge in [-0.2, -0.15) is 0 Å². The molecule has 3 N–H and O–H groups in total. The van der Waals surface area contributed by atoms with E-state index >= 15 is 0 Å². The Morgan fingerprint density at radius 2 is 1.77 bits per heavy atom. The number of fused-ring (bicyclic) bond motifs is 2. The highest BCUT2D eigenvalue weighted by Crippen LogP contribution is 2.20. The molecule has 0 unspecified atom stereocenters. The molecule has 0 aliphatic rings. The van der Waals surface area contributed by atoms with Crippen molar-refractivity contribution in [1.82, 2.24) is 19.5 Å². The van der Waals surface area contributed by atoms with Gasteiger partial charge in [0.25, 0.3) is 5.56 Å². The fourth-order valence-corrected chi connectivity index (χ4v) is 3.06. The van der Waals surface area contributed by atoms with E-state index in [1.807, 2.05) is 37.3 Å². The summed E-state index contributed by atoms with van der Waals surface area (Å²) < 4.78 is 1.17. The van der Waals surface area contributed by atoms with Crippen LogP contribution in [0.25, 0.3) is 22.2 Å². The molecule has 0 fully saturated rings. The molecule has 0 bridgehead atoms. The summed E-state index contributed by atoms with van der Waals surface area (Å²) in [5.74, 6) is 0. The predicted octanol–water partition coefficient (Wildman–Crippen LogP) is 2.13. The van der Waals surface area contributed by atoms with Crippen LogP contribution in [0.4, 0.5) is 5.69 Å². The highest BCUT2D eigenvalue weighted by atomic mass is 16.2. The van der Waals surface area contributed by atoms with E-state index in [0.717, 1.165) is 11.1 Å². The molecular formula is C19H17N5O2. The fraction of sp³-hybridized carbons (Fsp3) is 0.158. The summed E-state index contributed by atoms with van der Waals surface area (Å²) in [6.45, 7) is 3.67. The standard InChI is InChI=1S/C19H17N5O2/c1-10-8-14-15(9-13(10)20)22-17-16(21-14)18(25)24(19(26)23-17)11(2)12-6-4-3-5-7-12/h3-9,11H,20H2,1-2H3,(H,22,23,26)/t11-/m0/s1. The van der Waals surface area contributed by atoms with Gasteiger partial charge in [-0.05, 0) is 37.1 Å². The number of aromatic nitrogens is 4. The molecule has 0 saturated carbocycles. The van der Waals surface area contributed by atoms with Crippen molar-refractivity contribution in [3.63, 3.8) is 0 Å². The molecule has 0 radical (unpaired) electrons. The zero-order valence-corrected chi connectivity index (χ0v) is 14.4. The van der Waals surface area contributed by atoms with E-state index in [-0.39, 0.29) is 11.2 Å². The maximum absolute atomic E-state index is 13.0. The average molecular weight is 347 g/mol. The van der Waals surface area contributed by atoms with E-state index in [1.54, 1.807) is 19.1 Å². The molecule has 130 valence electrons. The molecule has 0 spiro atoms. The zero-order valence-electron chi connectivity index (χ0n) is 14.4. The van der Waals surface area contributed by atoms with E-state index in [2.05, 4.69) is 15.0 Å². The summed E-state index contributed by atoms with van der Waals surface area (Å²) in [5, 5.41) is 0. The van der Waals surface area contributed by atoms with Crippen molar-refractivity contribution in [2.24, 2.45) is 0 Å². The van der Waals surface area contributed by atoms with Crippen molar-refractivity contribution in [3.05, 3.63) is 74.4 Å². The van der Waals surface area contributed by atoms with Crippen molar-refractivity contribution in [1.29, 1.82) is 0 Å². The third kappa shape index (κ3) is 2.45. The Bertz CT molecular complexity index is 1260. The number of anilines is 1. The normalized spacial score (nSPS) is 12.5. The van der Waals surface area contributed by atoms with Crippen LogP contribution in [-0.2, 0) is 0 Å². The van der Waals surface area contributed by atoms with Gasteiger partial charge in [0.05, 0.1) is 17.1 Å². The Labute approximate surface area is 148 Å². The summed E-state index contributed by atoms with van der Waals surface area (Å²) in [6, 6.07) is 12.4. The Hall–Kier alpha value is -3.48. The van der Waals surface area contributed by atoms with Crippen LogP contribution in [0.3, 0.4) is 0 Å². The number of aromatic amines is 1. The monoisotopic (exact) mass is 347 g/mol. The van der Waals surface area contributed by atoms with Crippen LogP contribution >= 0.6 is 0 Å². The van der Waals surface area contributed by atoms with Crippen LogP contribution in [0.15, 0.2) is 52.1 Å². The Kier molecular flexibility index (Phi) is 3.57. The third-order valence-electron chi connectivity index (χ3n) is 4.59. The van der Waals surface area contributed by atoms with Gasteiger partial charge in [0.15, 0.2) is 11.2 Å². The lowest BCUT2D eigenvalue weighted by molar-refractivity contribution is 0.583. The molecule has 0 amide bonds. The second-order valence-electron chi connectivity index (χ2n) is 6.31. The van der Waals surface area contributed by atoms with Crippen LogP contribution in [-0.4, -0.2) is 19.5 Å². The van der Waals surface area contributed by atoms with Crippen LogP contribution in [0.2, 0.25) is 0 Å². The quantitative estimate of drug-likeness (QED) is 0.427. The Morgan fingerprint density at radius 3 is 2.50 bits per heavy atom. The topological polar surface area (TPSA) is 107 Å². The first-order chi connectivity index (χ1) is 12.5. The molecule has 7 heteroatoms. The van der Waals surface area contributed by atoms with E-state index in [4.69, 9.17) is 5.73 Å². The van der Waals surface area contributed by atoms with Crippen LogP contribution in [0.5, 0.6) is 0 Å². The maximum Gasteiger partial charge on any atom is 0.330 e. The van der Waals surface area contributed by atoms with Gasteiger partial charge in [-0.15, -0.1) is 0 Å². The van der Waals surface area contributed by atoms with E-state index in [9.17, 15) is 9.59 Å². The minimum absolute atomic E-state index is 0.129. The number of nitrogens with zero attached hydrogens (tertiary/aromatic N) is 3. The number of nitrogens with two attached hydrogens (primary N) is 1. The van der Waals surface area contributed by atoms with Gasteiger partial charge < -0.3 is 5.73 Å². The van der Waals surface area contributed by atoms with Crippen molar-refractivity contribution < 1.29 is 0 Å². The second-order valence-corrected chi connectivity index (χ2v) is 6.31. The molecule has 2 aromatic carbocycles. The molecule has 2 heterocycles. The fourth-order valence-electron chi connectivity index (χ4n) is 3.06. The number of benzene rings is 2. The lowest BCUT2D eigenvalue weighted by Crippen LogP contribution is -2.38. The second kappa shape index (κ2) is 5.80. The molecule has 2 aromatic heterocycles. The highest BCUT2D eigenvalue weighted by Gasteiger charge is 2.17. The zero-order chi connectivity index (χ0) is 18.4. The summed E-state index contributed by atoms with van der Waals surface area (Å²) in [6.07, 6.45) is 0. The van der Waals surface area contributed by atoms with E-state index in [1.165, 1.54) is 4.57 Å². The molecule has 1 atom stereocenters. The number of nitrogen functional groups attached to an aromatic ring is 1. The van der Waals surface area contributed by atoms with Crippen molar-refractivity contribution in [2.75, 3.05) is 5.73 Å². The average Bonchev–Trinajstić information content (AvgIpc) is 2.62. The smallest absolute Gasteiger partial charge is 0.330 e. The molecule has 4 rings (SSSR count). The summed E-state index contributed by atoms with van der Waals surface area (Å²) >= 11 is 0. The van der Waals surface area contributed by atoms with E-state index < -0.39 is 17.3 Å². The lowest BCUT2D eigenvalue weighted by Gasteiger charge is -2.14. The SMILES string of the molecule is Cc1cc2nc3c(=O)n([C@@H](C)c4ccccc4)c(=O)[nH]c3nc2cc1N. The molecular weight excluding hydrogens is 330 g/mol. The number of H-pyrrole nitrogens is 1. The maximum atomic E-state index is 13.0. The number of hydrogen-bond acceptors (Lipinski definition) is 5. The highest BCUT2D eigenvalue weighted by molar-refractivity contribution is 5.86. The molecule has 0 aliphatic heterocycles. The van der Waals surface area contributed by atoms with Gasteiger partial charge in [-0.1, -0.05) is 30.3 Å². The summed E-state index contributed by atoms with van der Waals surface area (Å²) in [7, 11) is 0. The van der Waals surface area contributed by atoms with Gasteiger partial charge >= 0.3 is 5.69 Å². The van der Waals surface area contributed by atoms with Gasteiger partial charge in [-0.25, -0.2) is 14.8 Å². The third-order valence-corrected chi connectivity index (χ3v) is 4.59. The van der Waals surface area contributed by atoms with Crippen molar-refractivity contribution in [2.45, 2.75) is 19.9 Å². The molecule has 4 aromatic rings. The number of nitrogens with one attached hydrogen (secondary N) is 1. The largest absolute Gasteiger partial charge is 0.398 e. The first-order valence-electron chi connectivity index (χ1n) is 8.23. The lowest BCUT2D eigenvalue weighted by atomic mass is 10.1. The van der Waals surface area contributed by atoms with Crippen LogP contribution in [0, 0.1) is 6.92 Å². The first-order valence-corrected chi connectivity index (χ1v) is 8.23. The molecule has 0 saturated heterocycles. The van der Waals surface area contributed by atoms with Gasteiger partial charge in [0, 0.05) is 5.69 Å². The Balaban J connectivity index is 2.01. The van der Waals surface area contributed by atoms with E-state index in [0.29, 0.717) is 16.7 Å². The summed E-state index contributed by atoms with van der Waals surface area (Å²) in [4.78, 5) is 37.0. The number of hydrogen-bond donors (Lipinski definition) is 2. The van der Waals surface area contributed by atoms with Gasteiger partial charge in [0.2, 0.25) is 0 Å². The molecule has 0 aliphatic carbocycles. The Morgan fingerprint density at radius 1 is 1.08 bits per heavy atom. The molecule has 7 nitrogen and oxygen atoms in total. The number of rotatable bonds is 2. The predicted molar refractivity (Wildman–Crippen MR) is 101 cm³/mol. The minimum atomic E-state index is -0.521. The molecule has 26 heavy (non-hydrogen) atoms. The first kappa shape index (κ1) is 16.0.